The summed E-state index contributed by atoms with van der Waals surface area (Å²) < 4.78 is 5.13. The zero-order chi connectivity index (χ0) is 20.9. The van der Waals surface area contributed by atoms with Gasteiger partial charge in [0.1, 0.15) is 11.6 Å². The highest BCUT2D eigenvalue weighted by Crippen LogP contribution is 2.07. The van der Waals surface area contributed by atoms with Crippen molar-refractivity contribution in [1.82, 2.24) is 16.0 Å². The molecule has 9 heteroatoms. The molecule has 0 saturated heterocycles. The Kier molecular flexibility index (Phi) is 12.0. The van der Waals surface area contributed by atoms with Crippen LogP contribution in [0, 0.1) is 12.3 Å². The first-order chi connectivity index (χ1) is 12.5. The number of nitrogens with one attached hydrogen (secondary N) is 3. The summed E-state index contributed by atoms with van der Waals surface area (Å²) >= 11 is 0.874. The molecule has 0 radical (unpaired) electrons. The topological polar surface area (TPSA) is 114 Å². The molecular weight excluding hydrogens is 370 g/mol. The number of hydrogen-bond acceptors (Lipinski definition) is 6. The summed E-state index contributed by atoms with van der Waals surface area (Å²) in [6.45, 7) is 7.15. The van der Waals surface area contributed by atoms with Crippen LogP contribution in [-0.4, -0.2) is 53.5 Å². The van der Waals surface area contributed by atoms with Crippen LogP contribution < -0.4 is 16.0 Å². The second-order valence-electron chi connectivity index (χ2n) is 6.75. The average Bonchev–Trinajstić information content (AvgIpc) is 2.54. The summed E-state index contributed by atoms with van der Waals surface area (Å²) in [7, 11) is 0. The van der Waals surface area contributed by atoms with Gasteiger partial charge in [-0.2, -0.15) is 0 Å². The van der Waals surface area contributed by atoms with Crippen molar-refractivity contribution >= 4 is 34.8 Å². The van der Waals surface area contributed by atoms with Gasteiger partial charge in [-0.25, -0.2) is 4.79 Å². The number of carbonyl (C=O) groups excluding carboxylic acids is 4. The predicted molar refractivity (Wildman–Crippen MR) is 105 cm³/mol. The zero-order valence-electron chi connectivity index (χ0n) is 16.3. The van der Waals surface area contributed by atoms with Gasteiger partial charge in [0.25, 0.3) is 0 Å². The molecule has 27 heavy (non-hydrogen) atoms. The third-order valence-electron chi connectivity index (χ3n) is 3.01. The first-order valence-corrected chi connectivity index (χ1v) is 9.64. The van der Waals surface area contributed by atoms with Crippen LogP contribution in [0.15, 0.2) is 0 Å². The Labute approximate surface area is 164 Å². The van der Waals surface area contributed by atoms with Crippen molar-refractivity contribution in [2.45, 2.75) is 58.6 Å². The summed E-state index contributed by atoms with van der Waals surface area (Å²) in [6.07, 6.45) is 6.20. The normalized spacial score (nSPS) is 11.7. The van der Waals surface area contributed by atoms with Crippen molar-refractivity contribution in [2.24, 2.45) is 0 Å². The second kappa shape index (κ2) is 13.0. The van der Waals surface area contributed by atoms with E-state index in [0.29, 0.717) is 25.8 Å². The van der Waals surface area contributed by atoms with E-state index in [0.717, 1.165) is 11.8 Å². The standard InChI is InChI=1S/C18H29N3O5S/c1-6-10-19-16(24)14(21-15(23)12-27-13(2)22)9-7-8-11-20-17(25)26-18(3,4)5/h1,14H,7-12H2,2-5H3,(H,19,24)(H,20,25)(H,21,23)/t14-/m1/s1. The maximum Gasteiger partial charge on any atom is 0.407 e. The number of ether oxygens (including phenoxy) is 1. The van der Waals surface area contributed by atoms with E-state index in [4.69, 9.17) is 11.2 Å². The third-order valence-corrected chi connectivity index (χ3v) is 3.82. The summed E-state index contributed by atoms with van der Waals surface area (Å²) in [5.41, 5.74) is -0.563. The van der Waals surface area contributed by atoms with Gasteiger partial charge in [-0.05, 0) is 40.0 Å². The van der Waals surface area contributed by atoms with Crippen LogP contribution in [0.2, 0.25) is 0 Å². The second-order valence-corrected chi connectivity index (χ2v) is 7.90. The van der Waals surface area contributed by atoms with Crippen LogP contribution in [0.1, 0.15) is 47.0 Å². The molecule has 3 N–H and O–H groups in total. The molecule has 0 aromatic carbocycles. The molecule has 0 bridgehead atoms. The van der Waals surface area contributed by atoms with Gasteiger partial charge in [0.2, 0.25) is 11.8 Å². The van der Waals surface area contributed by atoms with Crippen LogP contribution in [-0.2, 0) is 19.1 Å². The first-order valence-electron chi connectivity index (χ1n) is 8.66. The minimum Gasteiger partial charge on any atom is -0.444 e. The van der Waals surface area contributed by atoms with Crippen LogP contribution in [0.25, 0.3) is 0 Å². The molecule has 1 atom stereocenters. The van der Waals surface area contributed by atoms with Gasteiger partial charge in [0, 0.05) is 13.5 Å². The van der Waals surface area contributed by atoms with E-state index in [9.17, 15) is 19.2 Å². The molecule has 0 rings (SSSR count). The number of alkyl carbamates (subject to hydrolysis) is 1. The highest BCUT2D eigenvalue weighted by molar-refractivity contribution is 8.14. The van der Waals surface area contributed by atoms with E-state index in [1.54, 1.807) is 20.8 Å². The highest BCUT2D eigenvalue weighted by atomic mass is 32.2. The molecule has 0 saturated carbocycles. The van der Waals surface area contributed by atoms with Crippen molar-refractivity contribution in [1.29, 1.82) is 0 Å². The predicted octanol–water partition coefficient (Wildman–Crippen LogP) is 1.20. The number of terminal acetylenes is 1. The van der Waals surface area contributed by atoms with Gasteiger partial charge in [-0.3, -0.25) is 14.4 Å². The number of carbonyl (C=O) groups is 4. The van der Waals surface area contributed by atoms with Crippen molar-refractivity contribution in [3.05, 3.63) is 0 Å². The van der Waals surface area contributed by atoms with E-state index >= 15 is 0 Å². The van der Waals surface area contributed by atoms with Gasteiger partial charge in [-0.1, -0.05) is 17.7 Å². The summed E-state index contributed by atoms with van der Waals surface area (Å²) in [5, 5.41) is 7.60. The fraction of sp³-hybridized carbons (Fsp3) is 0.667. The highest BCUT2D eigenvalue weighted by Gasteiger charge is 2.20. The molecule has 0 unspecified atom stereocenters. The number of rotatable bonds is 10. The quantitative estimate of drug-likeness (QED) is 0.376. The Bertz CT molecular complexity index is 566. The Balaban J connectivity index is 4.36. The molecule has 0 aliphatic carbocycles. The molecule has 0 fully saturated rings. The lowest BCUT2D eigenvalue weighted by Crippen LogP contribution is -2.47. The zero-order valence-corrected chi connectivity index (χ0v) is 17.2. The molecule has 0 aromatic heterocycles. The smallest absolute Gasteiger partial charge is 0.407 e. The average molecular weight is 400 g/mol. The lowest BCUT2D eigenvalue weighted by atomic mass is 10.1. The molecule has 0 heterocycles. The number of hydrogen-bond donors (Lipinski definition) is 3. The Morgan fingerprint density at radius 2 is 1.81 bits per heavy atom. The van der Waals surface area contributed by atoms with Crippen molar-refractivity contribution in [2.75, 3.05) is 18.8 Å². The Morgan fingerprint density at radius 1 is 1.15 bits per heavy atom. The number of unbranched alkanes of at least 4 members (excludes halogenated alkanes) is 1. The number of thioether (sulfide) groups is 1. The minimum absolute atomic E-state index is 0.0472. The lowest BCUT2D eigenvalue weighted by Gasteiger charge is -2.20. The largest absolute Gasteiger partial charge is 0.444 e. The fourth-order valence-electron chi connectivity index (χ4n) is 1.91. The molecule has 0 aliphatic heterocycles. The molecule has 8 nitrogen and oxygen atoms in total. The number of amides is 3. The van der Waals surface area contributed by atoms with E-state index in [1.165, 1.54) is 6.92 Å². The van der Waals surface area contributed by atoms with E-state index in [-0.39, 0.29) is 23.3 Å². The Morgan fingerprint density at radius 3 is 2.37 bits per heavy atom. The van der Waals surface area contributed by atoms with Crippen LogP contribution >= 0.6 is 11.8 Å². The van der Waals surface area contributed by atoms with E-state index < -0.39 is 23.6 Å². The van der Waals surface area contributed by atoms with Crippen LogP contribution in [0.4, 0.5) is 4.79 Å². The lowest BCUT2D eigenvalue weighted by molar-refractivity contribution is -0.127. The van der Waals surface area contributed by atoms with Gasteiger partial charge < -0.3 is 20.7 Å². The molecule has 3 amide bonds. The van der Waals surface area contributed by atoms with Gasteiger partial charge in [0.15, 0.2) is 5.12 Å². The maximum absolute atomic E-state index is 12.1. The van der Waals surface area contributed by atoms with Crippen LogP contribution in [0.3, 0.4) is 0 Å². The van der Waals surface area contributed by atoms with Crippen molar-refractivity contribution < 1.29 is 23.9 Å². The molecule has 152 valence electrons. The molecular formula is C18H29N3O5S. The fourth-order valence-corrected chi connectivity index (χ4v) is 2.33. The summed E-state index contributed by atoms with van der Waals surface area (Å²) in [4.78, 5) is 46.5. The minimum atomic E-state index is -0.750. The van der Waals surface area contributed by atoms with Gasteiger partial charge in [0.05, 0.1) is 12.3 Å². The maximum atomic E-state index is 12.1. The van der Waals surface area contributed by atoms with Gasteiger partial charge in [-0.15, -0.1) is 6.42 Å². The van der Waals surface area contributed by atoms with Crippen molar-refractivity contribution in [3.8, 4) is 12.3 Å². The first kappa shape index (κ1) is 24.8. The van der Waals surface area contributed by atoms with Crippen molar-refractivity contribution in [3.63, 3.8) is 0 Å². The Hall–Kier alpha value is -2.21. The third kappa shape index (κ3) is 14.6. The van der Waals surface area contributed by atoms with Gasteiger partial charge >= 0.3 is 6.09 Å². The van der Waals surface area contributed by atoms with E-state index in [2.05, 4.69) is 21.9 Å². The molecule has 0 spiro atoms. The summed E-state index contributed by atoms with van der Waals surface area (Å²) in [5.74, 6) is 1.47. The van der Waals surface area contributed by atoms with Crippen LogP contribution in [0.5, 0.6) is 0 Å². The van der Waals surface area contributed by atoms with E-state index in [1.807, 2.05) is 0 Å². The monoisotopic (exact) mass is 399 g/mol. The molecule has 0 aromatic rings. The molecule has 0 aliphatic rings. The summed E-state index contributed by atoms with van der Waals surface area (Å²) in [6, 6.07) is -0.750. The SMILES string of the molecule is C#CCNC(=O)[C@@H](CCCCNC(=O)OC(C)(C)C)NC(=O)CSC(C)=O.